The van der Waals surface area contributed by atoms with E-state index in [1.165, 1.54) is 25.3 Å². The standard InChI is InChI=1S/C15H11Cl2N3O5/c1-8(14(21)19-13-5-2-9(16)7-18-13)25-15(22)11-4-3-10(20(23)24)6-12(11)17/h2-8H,1H3,(H,18,19,21)/t8-/m1/s1. The number of nitrogens with zero attached hydrogens (tertiary/aromatic N) is 2. The predicted octanol–water partition coefficient (Wildman–Crippen LogP) is 3.48. The summed E-state index contributed by atoms with van der Waals surface area (Å²) in [6.07, 6.45) is 0.209. The monoisotopic (exact) mass is 383 g/mol. The van der Waals surface area contributed by atoms with E-state index in [-0.39, 0.29) is 22.1 Å². The first-order valence-corrected chi connectivity index (χ1v) is 7.61. The first-order chi connectivity index (χ1) is 11.8. The van der Waals surface area contributed by atoms with Gasteiger partial charge < -0.3 is 10.1 Å². The lowest BCUT2D eigenvalue weighted by Crippen LogP contribution is -2.30. The highest BCUT2D eigenvalue weighted by molar-refractivity contribution is 6.33. The van der Waals surface area contributed by atoms with Gasteiger partial charge in [-0.1, -0.05) is 23.2 Å². The maximum atomic E-state index is 12.1. The minimum Gasteiger partial charge on any atom is -0.449 e. The molecule has 130 valence electrons. The van der Waals surface area contributed by atoms with E-state index in [0.717, 1.165) is 18.2 Å². The van der Waals surface area contributed by atoms with Crippen LogP contribution >= 0.6 is 23.2 Å². The van der Waals surface area contributed by atoms with Crippen molar-refractivity contribution in [2.24, 2.45) is 0 Å². The van der Waals surface area contributed by atoms with Gasteiger partial charge in [-0.2, -0.15) is 0 Å². The molecule has 1 N–H and O–H groups in total. The third kappa shape index (κ3) is 4.88. The molecule has 25 heavy (non-hydrogen) atoms. The summed E-state index contributed by atoms with van der Waals surface area (Å²) in [5, 5.41) is 13.4. The van der Waals surface area contributed by atoms with Gasteiger partial charge in [-0.15, -0.1) is 0 Å². The maximum absolute atomic E-state index is 12.1. The lowest BCUT2D eigenvalue weighted by molar-refractivity contribution is -0.384. The zero-order valence-corrected chi connectivity index (χ0v) is 14.2. The number of non-ortho nitro benzene ring substituents is 1. The number of anilines is 1. The molecule has 0 aliphatic carbocycles. The van der Waals surface area contributed by atoms with Gasteiger partial charge in [0.1, 0.15) is 5.82 Å². The van der Waals surface area contributed by atoms with E-state index < -0.39 is 22.9 Å². The molecule has 0 radical (unpaired) electrons. The lowest BCUT2D eigenvalue weighted by Gasteiger charge is -2.13. The normalized spacial score (nSPS) is 11.5. The van der Waals surface area contributed by atoms with Crippen LogP contribution in [0.2, 0.25) is 10.0 Å². The number of carbonyl (C=O) groups is 2. The fourth-order valence-corrected chi connectivity index (χ4v) is 2.10. The van der Waals surface area contributed by atoms with Crippen molar-refractivity contribution in [3.05, 3.63) is 62.3 Å². The topological polar surface area (TPSA) is 111 Å². The molecule has 1 amide bonds. The van der Waals surface area contributed by atoms with Gasteiger partial charge in [0.25, 0.3) is 11.6 Å². The van der Waals surface area contributed by atoms with E-state index >= 15 is 0 Å². The van der Waals surface area contributed by atoms with E-state index in [9.17, 15) is 19.7 Å². The van der Waals surface area contributed by atoms with Crippen molar-refractivity contribution in [2.75, 3.05) is 5.32 Å². The minimum atomic E-state index is -1.14. The van der Waals surface area contributed by atoms with Crippen LogP contribution in [0.3, 0.4) is 0 Å². The molecular weight excluding hydrogens is 373 g/mol. The van der Waals surface area contributed by atoms with Gasteiger partial charge in [0, 0.05) is 18.3 Å². The molecule has 1 aromatic carbocycles. The van der Waals surface area contributed by atoms with Crippen LogP contribution in [-0.2, 0) is 9.53 Å². The first-order valence-electron chi connectivity index (χ1n) is 6.85. The lowest BCUT2D eigenvalue weighted by atomic mass is 10.2. The number of amides is 1. The molecule has 0 aliphatic heterocycles. The summed E-state index contributed by atoms with van der Waals surface area (Å²) in [6.45, 7) is 1.36. The Kier molecular flexibility index (Phi) is 5.89. The molecule has 1 aromatic heterocycles. The van der Waals surface area contributed by atoms with E-state index in [0.29, 0.717) is 5.02 Å². The van der Waals surface area contributed by atoms with Crippen molar-refractivity contribution >= 4 is 46.6 Å². The number of esters is 1. The highest BCUT2D eigenvalue weighted by atomic mass is 35.5. The molecule has 0 saturated carbocycles. The molecule has 1 atom stereocenters. The van der Waals surface area contributed by atoms with Gasteiger partial charge in [-0.25, -0.2) is 9.78 Å². The minimum absolute atomic E-state index is 0.0865. The summed E-state index contributed by atoms with van der Waals surface area (Å²) in [5.41, 5.74) is -0.349. The van der Waals surface area contributed by atoms with Crippen LogP contribution in [0.4, 0.5) is 11.5 Å². The summed E-state index contributed by atoms with van der Waals surface area (Å²) in [6, 6.07) is 6.33. The van der Waals surface area contributed by atoms with Gasteiger partial charge in [0.05, 0.1) is 20.5 Å². The summed E-state index contributed by atoms with van der Waals surface area (Å²) in [4.78, 5) is 38.0. The van der Waals surface area contributed by atoms with E-state index in [1.807, 2.05) is 0 Å². The smallest absolute Gasteiger partial charge is 0.340 e. The molecule has 2 aromatic rings. The zero-order valence-electron chi connectivity index (χ0n) is 12.7. The van der Waals surface area contributed by atoms with Crippen LogP contribution in [0.1, 0.15) is 17.3 Å². The van der Waals surface area contributed by atoms with Crippen LogP contribution in [0.15, 0.2) is 36.5 Å². The fraction of sp³-hybridized carbons (Fsp3) is 0.133. The van der Waals surface area contributed by atoms with Gasteiger partial charge >= 0.3 is 5.97 Å². The number of rotatable bonds is 5. The second kappa shape index (κ2) is 7.91. The molecule has 10 heteroatoms. The number of aromatic nitrogens is 1. The van der Waals surface area contributed by atoms with Gasteiger partial charge in [0.15, 0.2) is 6.10 Å². The number of hydrogen-bond acceptors (Lipinski definition) is 6. The Balaban J connectivity index is 2.02. The zero-order chi connectivity index (χ0) is 18.6. The van der Waals surface area contributed by atoms with Crippen molar-refractivity contribution in [3.8, 4) is 0 Å². The maximum Gasteiger partial charge on any atom is 0.340 e. The summed E-state index contributed by atoms with van der Waals surface area (Å²) >= 11 is 11.5. The van der Waals surface area contributed by atoms with Crippen molar-refractivity contribution in [1.29, 1.82) is 0 Å². The quantitative estimate of drug-likeness (QED) is 0.480. The van der Waals surface area contributed by atoms with Crippen molar-refractivity contribution in [3.63, 3.8) is 0 Å². The highest BCUT2D eigenvalue weighted by Gasteiger charge is 2.22. The molecule has 0 spiro atoms. The van der Waals surface area contributed by atoms with Crippen molar-refractivity contribution in [2.45, 2.75) is 13.0 Å². The first kappa shape index (κ1) is 18.6. The van der Waals surface area contributed by atoms with Crippen LogP contribution in [-0.4, -0.2) is 27.9 Å². The number of pyridine rings is 1. The number of nitro benzene ring substituents is 1. The SMILES string of the molecule is C[C@@H](OC(=O)c1ccc([N+](=O)[O-])cc1Cl)C(=O)Nc1ccc(Cl)cn1. The Morgan fingerprint density at radius 1 is 1.28 bits per heavy atom. The van der Waals surface area contributed by atoms with Crippen molar-refractivity contribution < 1.29 is 19.2 Å². The summed E-state index contributed by atoms with van der Waals surface area (Å²) in [5.74, 6) is -1.25. The third-order valence-electron chi connectivity index (χ3n) is 3.02. The van der Waals surface area contributed by atoms with E-state index in [4.69, 9.17) is 27.9 Å². The Hall–Kier alpha value is -2.71. The van der Waals surface area contributed by atoms with Crippen LogP contribution in [0.5, 0.6) is 0 Å². The number of nitro groups is 1. The van der Waals surface area contributed by atoms with Crippen LogP contribution in [0, 0.1) is 10.1 Å². The summed E-state index contributed by atoms with van der Waals surface area (Å²) in [7, 11) is 0. The molecule has 0 bridgehead atoms. The average Bonchev–Trinajstić information content (AvgIpc) is 2.56. The van der Waals surface area contributed by atoms with Crippen LogP contribution < -0.4 is 5.32 Å². The second-order valence-electron chi connectivity index (χ2n) is 4.82. The molecule has 2 rings (SSSR count). The number of ether oxygens (including phenoxy) is 1. The third-order valence-corrected chi connectivity index (χ3v) is 3.55. The fourth-order valence-electron chi connectivity index (χ4n) is 1.74. The number of benzene rings is 1. The van der Waals surface area contributed by atoms with Crippen molar-refractivity contribution in [1.82, 2.24) is 4.98 Å². The van der Waals surface area contributed by atoms with E-state index in [2.05, 4.69) is 10.3 Å². The Bertz CT molecular complexity index is 826. The molecule has 8 nitrogen and oxygen atoms in total. The van der Waals surface area contributed by atoms with E-state index in [1.54, 1.807) is 0 Å². The number of carbonyl (C=O) groups excluding carboxylic acids is 2. The summed E-state index contributed by atoms with van der Waals surface area (Å²) < 4.78 is 5.02. The predicted molar refractivity (Wildman–Crippen MR) is 90.9 cm³/mol. The number of halogens is 2. The Morgan fingerprint density at radius 2 is 2.00 bits per heavy atom. The van der Waals surface area contributed by atoms with Crippen LogP contribution in [0.25, 0.3) is 0 Å². The molecule has 0 aliphatic rings. The Morgan fingerprint density at radius 3 is 2.56 bits per heavy atom. The largest absolute Gasteiger partial charge is 0.449 e. The molecular formula is C15H11Cl2N3O5. The second-order valence-corrected chi connectivity index (χ2v) is 5.66. The highest BCUT2D eigenvalue weighted by Crippen LogP contribution is 2.23. The molecule has 0 fully saturated rings. The van der Waals surface area contributed by atoms with Gasteiger partial charge in [-0.3, -0.25) is 14.9 Å². The Labute approximate surface area is 151 Å². The average molecular weight is 384 g/mol. The molecule has 0 saturated heterocycles. The number of nitrogens with one attached hydrogen (secondary N) is 1. The molecule has 0 unspecified atom stereocenters. The number of hydrogen-bond donors (Lipinski definition) is 1. The van der Waals surface area contributed by atoms with Gasteiger partial charge in [-0.05, 0) is 25.1 Å². The van der Waals surface area contributed by atoms with Gasteiger partial charge in [0.2, 0.25) is 0 Å². The molecule has 1 heterocycles.